The van der Waals surface area contributed by atoms with Crippen molar-refractivity contribution in [3.05, 3.63) is 57.3 Å². The fourth-order valence-corrected chi connectivity index (χ4v) is 4.35. The number of halogens is 1. The van der Waals surface area contributed by atoms with Crippen LogP contribution in [0.5, 0.6) is 0 Å². The fourth-order valence-electron chi connectivity index (χ4n) is 3.46. The number of nitrogens with one attached hydrogen (secondary N) is 1. The quantitative estimate of drug-likeness (QED) is 0.351. The molecule has 158 valence electrons. The van der Waals surface area contributed by atoms with Crippen molar-refractivity contribution in [2.24, 2.45) is 4.99 Å². The molecule has 0 bridgehead atoms. The maximum Gasteiger partial charge on any atom is 0.224 e. The van der Waals surface area contributed by atoms with Gasteiger partial charge < -0.3 is 15.1 Å². The third-order valence-electron chi connectivity index (χ3n) is 5.11. The highest BCUT2D eigenvalue weighted by molar-refractivity contribution is 14.0. The first-order chi connectivity index (χ1) is 13.6. The van der Waals surface area contributed by atoms with Gasteiger partial charge in [-0.1, -0.05) is 24.3 Å². The Morgan fingerprint density at radius 3 is 2.86 bits per heavy atom. The number of rotatable bonds is 6. The molecule has 29 heavy (non-hydrogen) atoms. The van der Waals surface area contributed by atoms with Gasteiger partial charge in [-0.05, 0) is 48.4 Å². The molecular formula is C22H31IN4OS. The molecule has 0 unspecified atom stereocenters. The molecule has 1 aromatic heterocycles. The number of carbonyl (C=O) groups is 1. The highest BCUT2D eigenvalue weighted by atomic mass is 127. The third kappa shape index (κ3) is 6.44. The summed E-state index contributed by atoms with van der Waals surface area (Å²) in [6.07, 6.45) is 1.43. The summed E-state index contributed by atoms with van der Waals surface area (Å²) < 4.78 is 0. The van der Waals surface area contributed by atoms with Crippen LogP contribution in [0.15, 0.2) is 40.7 Å². The van der Waals surface area contributed by atoms with E-state index in [0.717, 1.165) is 38.6 Å². The maximum atomic E-state index is 12.6. The molecule has 1 aliphatic heterocycles. The van der Waals surface area contributed by atoms with E-state index in [1.165, 1.54) is 21.6 Å². The van der Waals surface area contributed by atoms with E-state index in [1.807, 2.05) is 11.9 Å². The summed E-state index contributed by atoms with van der Waals surface area (Å²) in [6, 6.07) is 10.5. The van der Waals surface area contributed by atoms with E-state index in [2.05, 4.69) is 59.8 Å². The summed E-state index contributed by atoms with van der Waals surface area (Å²) in [7, 11) is 2.04. The van der Waals surface area contributed by atoms with E-state index < -0.39 is 0 Å². The van der Waals surface area contributed by atoms with Crippen LogP contribution in [-0.4, -0.2) is 48.3 Å². The van der Waals surface area contributed by atoms with Crippen LogP contribution in [0.25, 0.3) is 0 Å². The number of benzene rings is 1. The highest BCUT2D eigenvalue weighted by Gasteiger charge is 2.21. The van der Waals surface area contributed by atoms with Gasteiger partial charge in [0.15, 0.2) is 5.96 Å². The molecule has 0 aliphatic carbocycles. The molecule has 5 nitrogen and oxygen atoms in total. The molecule has 0 saturated heterocycles. The summed E-state index contributed by atoms with van der Waals surface area (Å²) in [5.74, 6) is 1.04. The predicted octanol–water partition coefficient (Wildman–Crippen LogP) is 4.05. The van der Waals surface area contributed by atoms with Gasteiger partial charge in [0.2, 0.25) is 5.91 Å². The number of guanidine groups is 1. The Kier molecular flexibility index (Phi) is 9.42. The zero-order chi connectivity index (χ0) is 19.9. The second-order valence-electron chi connectivity index (χ2n) is 7.20. The van der Waals surface area contributed by atoms with E-state index in [4.69, 9.17) is 4.99 Å². The van der Waals surface area contributed by atoms with Crippen LogP contribution in [0.1, 0.15) is 34.9 Å². The molecule has 2 aromatic rings. The first-order valence-electron chi connectivity index (χ1n) is 9.95. The first kappa shape index (κ1) is 23.7. The smallest absolute Gasteiger partial charge is 0.224 e. The molecule has 2 heterocycles. The summed E-state index contributed by atoms with van der Waals surface area (Å²) in [5, 5.41) is 5.46. The zero-order valence-corrected chi connectivity index (χ0v) is 20.6. The molecule has 7 heteroatoms. The van der Waals surface area contributed by atoms with Crippen molar-refractivity contribution in [2.45, 2.75) is 39.8 Å². The molecule has 0 fully saturated rings. The second-order valence-corrected chi connectivity index (χ2v) is 8.20. The van der Waals surface area contributed by atoms with Gasteiger partial charge >= 0.3 is 0 Å². The van der Waals surface area contributed by atoms with E-state index in [9.17, 15) is 4.79 Å². The van der Waals surface area contributed by atoms with Gasteiger partial charge in [0.05, 0.1) is 6.54 Å². The molecule has 1 aromatic carbocycles. The van der Waals surface area contributed by atoms with Crippen molar-refractivity contribution in [1.82, 2.24) is 15.1 Å². The fraction of sp³-hybridized carbons (Fsp3) is 0.455. The monoisotopic (exact) mass is 526 g/mol. The Balaban J connectivity index is 0.00000300. The van der Waals surface area contributed by atoms with E-state index in [1.54, 1.807) is 11.3 Å². The number of nitrogens with zero attached hydrogens (tertiary/aromatic N) is 3. The van der Waals surface area contributed by atoms with E-state index >= 15 is 0 Å². The Hall–Kier alpha value is -1.61. The lowest BCUT2D eigenvalue weighted by Crippen LogP contribution is -2.39. The minimum absolute atomic E-state index is 0. The standard InChI is InChI=1S/C22H30N4OS.HI/c1-4-23-22(25(3)15-18-8-6-5-7-17(18)2)24-12-9-21(27)26-13-10-20-19(16-26)11-14-28-20;/h5-8,11,14H,4,9-10,12-13,15-16H2,1-3H3,(H,23,24);1H. The summed E-state index contributed by atoms with van der Waals surface area (Å²) in [6.45, 7) is 7.86. The number of amides is 1. The topological polar surface area (TPSA) is 47.9 Å². The lowest BCUT2D eigenvalue weighted by atomic mass is 10.1. The van der Waals surface area contributed by atoms with Crippen LogP contribution in [-0.2, 0) is 24.3 Å². The first-order valence-corrected chi connectivity index (χ1v) is 10.8. The normalized spacial score (nSPS) is 13.5. The van der Waals surface area contributed by atoms with E-state index in [0.29, 0.717) is 13.0 Å². The number of aryl methyl sites for hydroxylation is 1. The van der Waals surface area contributed by atoms with E-state index in [-0.39, 0.29) is 29.9 Å². The number of aliphatic imine (C=N–C) groups is 1. The summed E-state index contributed by atoms with van der Waals surface area (Å²) >= 11 is 1.80. The molecular weight excluding hydrogens is 495 g/mol. The maximum absolute atomic E-state index is 12.6. The van der Waals surface area contributed by atoms with Crippen molar-refractivity contribution in [2.75, 3.05) is 26.7 Å². The Bertz CT molecular complexity index is 836. The number of fused-ring (bicyclic) bond motifs is 1. The van der Waals surface area contributed by atoms with Gasteiger partial charge in [0.1, 0.15) is 0 Å². The van der Waals surface area contributed by atoms with Crippen molar-refractivity contribution in [1.29, 1.82) is 0 Å². The number of hydrogen-bond acceptors (Lipinski definition) is 3. The molecule has 0 spiro atoms. The average Bonchev–Trinajstić information content (AvgIpc) is 3.16. The molecule has 1 N–H and O–H groups in total. The van der Waals surface area contributed by atoms with Gasteiger partial charge in [-0.15, -0.1) is 35.3 Å². The number of thiophene rings is 1. The number of carbonyl (C=O) groups excluding carboxylic acids is 1. The molecule has 0 radical (unpaired) electrons. The zero-order valence-electron chi connectivity index (χ0n) is 17.5. The second kappa shape index (κ2) is 11.5. The molecule has 1 aliphatic rings. The van der Waals surface area contributed by atoms with Crippen LogP contribution >= 0.6 is 35.3 Å². The van der Waals surface area contributed by atoms with Crippen LogP contribution < -0.4 is 5.32 Å². The van der Waals surface area contributed by atoms with Crippen LogP contribution in [0.3, 0.4) is 0 Å². The van der Waals surface area contributed by atoms with Crippen molar-refractivity contribution in [3.63, 3.8) is 0 Å². The number of hydrogen-bond donors (Lipinski definition) is 1. The van der Waals surface area contributed by atoms with Crippen LogP contribution in [0.4, 0.5) is 0 Å². The summed E-state index contributed by atoms with van der Waals surface area (Å²) in [5.41, 5.74) is 3.87. The molecule has 0 saturated carbocycles. The Morgan fingerprint density at radius 2 is 2.10 bits per heavy atom. The van der Waals surface area contributed by atoms with Gasteiger partial charge in [0.25, 0.3) is 0 Å². The average molecular weight is 526 g/mol. The highest BCUT2D eigenvalue weighted by Crippen LogP contribution is 2.24. The van der Waals surface area contributed by atoms with Crippen molar-refractivity contribution < 1.29 is 4.79 Å². The van der Waals surface area contributed by atoms with Crippen LogP contribution in [0.2, 0.25) is 0 Å². The Morgan fingerprint density at radius 1 is 1.31 bits per heavy atom. The largest absolute Gasteiger partial charge is 0.357 e. The molecule has 0 atom stereocenters. The lowest BCUT2D eigenvalue weighted by molar-refractivity contribution is -0.131. The predicted molar refractivity (Wildman–Crippen MR) is 132 cm³/mol. The van der Waals surface area contributed by atoms with Gasteiger partial charge in [0, 0.05) is 44.5 Å². The van der Waals surface area contributed by atoms with Crippen LogP contribution in [0, 0.1) is 6.92 Å². The molecule has 1 amide bonds. The van der Waals surface area contributed by atoms with Crippen molar-refractivity contribution >= 4 is 47.2 Å². The van der Waals surface area contributed by atoms with Gasteiger partial charge in [-0.3, -0.25) is 9.79 Å². The molecule has 3 rings (SSSR count). The third-order valence-corrected chi connectivity index (χ3v) is 6.14. The minimum Gasteiger partial charge on any atom is -0.357 e. The Labute approximate surface area is 195 Å². The lowest BCUT2D eigenvalue weighted by Gasteiger charge is -2.27. The SMILES string of the molecule is CCNC(=NCCC(=O)N1CCc2sccc2C1)N(C)Cc1ccccc1C.I. The van der Waals surface area contributed by atoms with Crippen molar-refractivity contribution in [3.8, 4) is 0 Å². The van der Waals surface area contributed by atoms with Gasteiger partial charge in [-0.2, -0.15) is 0 Å². The summed E-state index contributed by atoms with van der Waals surface area (Å²) in [4.78, 5) is 22.8. The minimum atomic E-state index is 0. The van der Waals surface area contributed by atoms with Gasteiger partial charge in [-0.25, -0.2) is 0 Å².